The first kappa shape index (κ1) is 21.7. The first-order chi connectivity index (χ1) is 14.4. The molecule has 13 heteroatoms. The van der Waals surface area contributed by atoms with Crippen LogP contribution in [0.3, 0.4) is 0 Å². The number of rotatable bonds is 8. The van der Waals surface area contributed by atoms with Gasteiger partial charge in [0.15, 0.2) is 5.69 Å². The molecule has 1 aromatic carbocycles. The molecule has 158 valence electrons. The lowest BCUT2D eigenvalue weighted by molar-refractivity contribution is -0.910. The first-order valence-electron chi connectivity index (χ1n) is 9.09. The third kappa shape index (κ3) is 4.75. The zero-order valence-corrected chi connectivity index (χ0v) is 17.8. The van der Waals surface area contributed by atoms with Gasteiger partial charge in [0.25, 0.3) is 5.91 Å². The molecule has 2 heterocycles. The number of nitrogens with two attached hydrogens (primary N) is 1. The van der Waals surface area contributed by atoms with Crippen LogP contribution in [0.15, 0.2) is 27.9 Å². The van der Waals surface area contributed by atoms with Crippen molar-refractivity contribution >= 4 is 41.1 Å². The summed E-state index contributed by atoms with van der Waals surface area (Å²) in [5.41, 5.74) is 9.42. The van der Waals surface area contributed by atoms with E-state index in [4.69, 9.17) is 28.9 Å². The van der Waals surface area contributed by atoms with Crippen molar-refractivity contribution in [2.75, 3.05) is 18.8 Å². The molecule has 0 spiro atoms. The molecule has 30 heavy (non-hydrogen) atoms. The molecule has 3 rings (SSSR count). The summed E-state index contributed by atoms with van der Waals surface area (Å²) in [7, 11) is 0. The summed E-state index contributed by atoms with van der Waals surface area (Å²) in [6.07, 6.45) is 1.41. The summed E-state index contributed by atoms with van der Waals surface area (Å²) in [5, 5.41) is 20.2. The van der Waals surface area contributed by atoms with E-state index in [1.54, 1.807) is 18.2 Å². The van der Waals surface area contributed by atoms with Crippen molar-refractivity contribution in [2.45, 2.75) is 20.4 Å². The van der Waals surface area contributed by atoms with Crippen LogP contribution in [0.2, 0.25) is 10.0 Å². The highest BCUT2D eigenvalue weighted by molar-refractivity contribution is 6.36. The molecule has 0 aliphatic rings. The number of nitrogens with one attached hydrogen (secondary N) is 2. The standard InChI is InChI=1S/C17H19Cl2N9O2/c1-3-27(4-2)9-13-14(22-26-28(13)16-15(20)24-30-25-16)17(29)23-21-8-10-5-6-11(18)7-12(10)19/h5-8H,3-4,9H2,1-2H3,(H2,20,24)(H,23,29)/p+1/b21-8-. The van der Waals surface area contributed by atoms with Crippen LogP contribution in [0, 0.1) is 0 Å². The summed E-state index contributed by atoms with van der Waals surface area (Å²) < 4.78 is 6.00. The summed E-state index contributed by atoms with van der Waals surface area (Å²) in [4.78, 5) is 13.9. The van der Waals surface area contributed by atoms with Crippen molar-refractivity contribution in [3.05, 3.63) is 45.2 Å². The van der Waals surface area contributed by atoms with E-state index in [1.165, 1.54) is 15.8 Å². The van der Waals surface area contributed by atoms with Gasteiger partial charge in [0, 0.05) is 10.6 Å². The van der Waals surface area contributed by atoms with Gasteiger partial charge in [-0.05, 0) is 36.3 Å². The zero-order chi connectivity index (χ0) is 21.7. The Labute approximate surface area is 181 Å². The highest BCUT2D eigenvalue weighted by Gasteiger charge is 2.26. The number of anilines is 1. The molecule has 11 nitrogen and oxygen atoms in total. The molecule has 0 saturated heterocycles. The smallest absolute Gasteiger partial charge is 0.294 e. The molecule has 0 radical (unpaired) electrons. The molecule has 0 saturated carbocycles. The minimum Gasteiger partial charge on any atom is -0.378 e. The number of amides is 1. The Balaban J connectivity index is 1.86. The molecule has 0 bridgehead atoms. The average Bonchev–Trinajstić information content (AvgIpc) is 3.33. The van der Waals surface area contributed by atoms with E-state index in [2.05, 4.69) is 35.8 Å². The fourth-order valence-electron chi connectivity index (χ4n) is 2.70. The fourth-order valence-corrected chi connectivity index (χ4v) is 3.16. The molecule has 0 atom stereocenters. The number of carbonyl (C=O) groups excluding carboxylic acids is 1. The van der Waals surface area contributed by atoms with E-state index in [0.29, 0.717) is 27.8 Å². The van der Waals surface area contributed by atoms with Crippen molar-refractivity contribution in [1.29, 1.82) is 0 Å². The number of benzene rings is 1. The van der Waals surface area contributed by atoms with Crippen LogP contribution in [0.5, 0.6) is 0 Å². The SMILES string of the molecule is CC[NH+](CC)Cc1c(C(=O)N/N=C\c2ccc(Cl)cc2Cl)nnn1-c1nonc1N. The Hall–Kier alpha value is -3.02. The number of aromatic nitrogens is 5. The van der Waals surface area contributed by atoms with Crippen molar-refractivity contribution < 1.29 is 14.3 Å². The maximum absolute atomic E-state index is 12.7. The van der Waals surface area contributed by atoms with E-state index in [-0.39, 0.29) is 17.3 Å². The van der Waals surface area contributed by atoms with Crippen LogP contribution in [-0.2, 0) is 6.54 Å². The predicted molar refractivity (Wildman–Crippen MR) is 111 cm³/mol. The van der Waals surface area contributed by atoms with Gasteiger partial charge in [-0.25, -0.2) is 10.1 Å². The zero-order valence-electron chi connectivity index (χ0n) is 16.3. The summed E-state index contributed by atoms with van der Waals surface area (Å²) in [6, 6.07) is 4.94. The second-order valence-corrected chi connectivity index (χ2v) is 7.11. The Morgan fingerprint density at radius 1 is 1.33 bits per heavy atom. The molecular formula is C17H20Cl2N9O2+. The monoisotopic (exact) mass is 452 g/mol. The first-order valence-corrected chi connectivity index (χ1v) is 9.85. The summed E-state index contributed by atoms with van der Waals surface area (Å²) >= 11 is 12.0. The Morgan fingerprint density at radius 3 is 2.73 bits per heavy atom. The third-order valence-electron chi connectivity index (χ3n) is 4.42. The minimum atomic E-state index is -0.542. The van der Waals surface area contributed by atoms with Gasteiger partial charge in [-0.2, -0.15) is 9.78 Å². The highest BCUT2D eigenvalue weighted by atomic mass is 35.5. The minimum absolute atomic E-state index is 0.0399. The largest absolute Gasteiger partial charge is 0.378 e. The van der Waals surface area contributed by atoms with Crippen molar-refractivity contribution in [3.8, 4) is 5.82 Å². The van der Waals surface area contributed by atoms with Crippen LogP contribution < -0.4 is 16.1 Å². The van der Waals surface area contributed by atoms with E-state index in [1.807, 2.05) is 13.8 Å². The molecule has 0 fully saturated rings. The molecule has 2 aromatic heterocycles. The van der Waals surface area contributed by atoms with Crippen LogP contribution in [0.25, 0.3) is 5.82 Å². The van der Waals surface area contributed by atoms with E-state index >= 15 is 0 Å². The van der Waals surface area contributed by atoms with Crippen molar-refractivity contribution in [2.24, 2.45) is 5.10 Å². The molecule has 0 aliphatic carbocycles. The Bertz CT molecular complexity index is 1060. The van der Waals surface area contributed by atoms with E-state index < -0.39 is 5.91 Å². The van der Waals surface area contributed by atoms with Gasteiger partial charge in [0.2, 0.25) is 11.6 Å². The number of quaternary nitrogens is 1. The maximum Gasteiger partial charge on any atom is 0.294 e. The number of carbonyl (C=O) groups is 1. The molecule has 4 N–H and O–H groups in total. The molecule has 0 aliphatic heterocycles. The van der Waals surface area contributed by atoms with Crippen LogP contribution in [0.4, 0.5) is 5.82 Å². The lowest BCUT2D eigenvalue weighted by atomic mass is 10.2. The lowest BCUT2D eigenvalue weighted by Crippen LogP contribution is -3.10. The second-order valence-electron chi connectivity index (χ2n) is 6.27. The number of nitrogen functional groups attached to an aromatic ring is 1. The summed E-state index contributed by atoms with van der Waals surface area (Å²) in [6.45, 7) is 6.21. The third-order valence-corrected chi connectivity index (χ3v) is 4.99. The van der Waals surface area contributed by atoms with Gasteiger partial charge < -0.3 is 10.6 Å². The molecule has 0 unspecified atom stereocenters. The number of halogens is 2. The molecular weight excluding hydrogens is 433 g/mol. The highest BCUT2D eigenvalue weighted by Crippen LogP contribution is 2.19. The fraction of sp³-hybridized carbons (Fsp3) is 0.294. The predicted octanol–water partition coefficient (Wildman–Crippen LogP) is 0.728. The maximum atomic E-state index is 12.7. The number of nitrogens with zero attached hydrogens (tertiary/aromatic N) is 6. The van der Waals surface area contributed by atoms with Crippen molar-refractivity contribution in [1.82, 2.24) is 30.7 Å². The average molecular weight is 453 g/mol. The second kappa shape index (κ2) is 9.65. The van der Waals surface area contributed by atoms with Crippen LogP contribution >= 0.6 is 23.2 Å². The lowest BCUT2D eigenvalue weighted by Gasteiger charge is -2.15. The molecule has 1 amide bonds. The number of hydrogen-bond acceptors (Lipinski definition) is 8. The van der Waals surface area contributed by atoms with Gasteiger partial charge in [-0.3, -0.25) is 4.79 Å². The Morgan fingerprint density at radius 2 is 2.10 bits per heavy atom. The van der Waals surface area contributed by atoms with E-state index in [9.17, 15) is 4.79 Å². The van der Waals surface area contributed by atoms with Gasteiger partial charge in [0.05, 0.1) is 24.3 Å². The van der Waals surface area contributed by atoms with Gasteiger partial charge in [-0.1, -0.05) is 34.5 Å². The number of hydrogen-bond donors (Lipinski definition) is 3. The number of hydrazone groups is 1. The van der Waals surface area contributed by atoms with Crippen LogP contribution in [0.1, 0.15) is 35.6 Å². The van der Waals surface area contributed by atoms with Crippen molar-refractivity contribution in [3.63, 3.8) is 0 Å². The van der Waals surface area contributed by atoms with Crippen LogP contribution in [-0.4, -0.2) is 50.5 Å². The summed E-state index contributed by atoms with van der Waals surface area (Å²) in [5.74, 6) is -0.336. The quantitative estimate of drug-likeness (QED) is 0.337. The van der Waals surface area contributed by atoms with Gasteiger partial charge in [0.1, 0.15) is 12.2 Å². The Kier molecular flexibility index (Phi) is 6.98. The van der Waals surface area contributed by atoms with Gasteiger partial charge in [-0.15, -0.1) is 5.10 Å². The normalized spacial score (nSPS) is 11.5. The molecule has 3 aromatic rings. The topological polar surface area (TPSA) is 142 Å². The van der Waals surface area contributed by atoms with E-state index in [0.717, 1.165) is 13.1 Å². The van der Waals surface area contributed by atoms with Gasteiger partial charge >= 0.3 is 0 Å².